The van der Waals surface area contributed by atoms with Crippen LogP contribution in [0.3, 0.4) is 0 Å². The second-order valence-electron chi connectivity index (χ2n) is 9.87. The summed E-state index contributed by atoms with van der Waals surface area (Å²) >= 11 is 0. The van der Waals surface area contributed by atoms with Crippen molar-refractivity contribution in [2.24, 2.45) is 5.41 Å². The molecular weight excluding hydrogens is 416 g/mol. The van der Waals surface area contributed by atoms with Crippen LogP contribution in [0.2, 0.25) is 0 Å². The van der Waals surface area contributed by atoms with E-state index in [2.05, 4.69) is 20.8 Å². The topological polar surface area (TPSA) is 54.0 Å². The number of hydrogen-bond donors (Lipinski definition) is 0. The highest BCUT2D eigenvalue weighted by atomic mass is 16.6. The lowest BCUT2D eigenvalue weighted by Crippen LogP contribution is -2.27. The van der Waals surface area contributed by atoms with Crippen molar-refractivity contribution in [1.82, 2.24) is 0 Å². The molecule has 0 aromatic rings. The first-order valence-corrected chi connectivity index (χ1v) is 13.9. The monoisotopic (exact) mass is 472 g/mol. The number of carbonyl (C=O) groups excluding carboxylic acids is 1. The fraction of sp³-hybridized carbons (Fsp3) is 0.964. The van der Waals surface area contributed by atoms with Crippen molar-refractivity contribution >= 4 is 5.97 Å². The van der Waals surface area contributed by atoms with Crippen LogP contribution in [0.4, 0.5) is 0 Å². The minimum atomic E-state index is -0.267. The predicted molar refractivity (Wildman–Crippen MR) is 138 cm³/mol. The molecule has 1 atom stereocenters. The van der Waals surface area contributed by atoms with Crippen molar-refractivity contribution in [3.63, 3.8) is 0 Å². The smallest absolute Gasteiger partial charge is 0.332 e. The zero-order valence-corrected chi connectivity index (χ0v) is 22.6. The van der Waals surface area contributed by atoms with Gasteiger partial charge in [0.05, 0.1) is 33.0 Å². The molecule has 0 amide bonds. The molecule has 0 fully saturated rings. The maximum Gasteiger partial charge on any atom is 0.332 e. The van der Waals surface area contributed by atoms with Crippen LogP contribution in [0, 0.1) is 5.41 Å². The second-order valence-corrected chi connectivity index (χ2v) is 9.87. The average molecular weight is 473 g/mol. The molecule has 0 heterocycles. The first-order chi connectivity index (χ1) is 16.1. The third-order valence-corrected chi connectivity index (χ3v) is 6.37. The molecule has 0 saturated carbocycles. The van der Waals surface area contributed by atoms with Crippen LogP contribution >= 0.6 is 0 Å². The van der Waals surface area contributed by atoms with Gasteiger partial charge in [0.25, 0.3) is 0 Å². The molecule has 0 aromatic heterocycles. The van der Waals surface area contributed by atoms with Gasteiger partial charge in [-0.1, -0.05) is 111 Å². The van der Waals surface area contributed by atoms with Gasteiger partial charge in [0.2, 0.25) is 0 Å². The summed E-state index contributed by atoms with van der Waals surface area (Å²) in [6, 6.07) is 0. The molecule has 0 aliphatic heterocycles. The third-order valence-electron chi connectivity index (χ3n) is 6.37. The van der Waals surface area contributed by atoms with Gasteiger partial charge in [-0.05, 0) is 12.8 Å². The second kappa shape index (κ2) is 24.5. The van der Waals surface area contributed by atoms with Crippen LogP contribution in [-0.2, 0) is 23.7 Å². The van der Waals surface area contributed by atoms with Crippen molar-refractivity contribution in [3.8, 4) is 0 Å². The zero-order valence-electron chi connectivity index (χ0n) is 22.6. The highest BCUT2D eigenvalue weighted by molar-refractivity contribution is 5.70. The highest BCUT2D eigenvalue weighted by Gasteiger charge is 2.25. The van der Waals surface area contributed by atoms with Gasteiger partial charge in [-0.2, -0.15) is 0 Å². The number of methoxy groups -OCH3 is 1. The first-order valence-electron chi connectivity index (χ1n) is 13.9. The number of hydrogen-bond acceptors (Lipinski definition) is 5. The Kier molecular flexibility index (Phi) is 24.0. The first kappa shape index (κ1) is 32.4. The fourth-order valence-electron chi connectivity index (χ4n) is 4.10. The number of rotatable bonds is 26. The molecule has 198 valence electrons. The summed E-state index contributed by atoms with van der Waals surface area (Å²) in [5, 5.41) is 0. The van der Waals surface area contributed by atoms with Gasteiger partial charge in [-0.3, -0.25) is 0 Å². The summed E-state index contributed by atoms with van der Waals surface area (Å²) < 4.78 is 21.3. The van der Waals surface area contributed by atoms with Crippen LogP contribution in [0.1, 0.15) is 124 Å². The summed E-state index contributed by atoms with van der Waals surface area (Å²) in [5.74, 6) is -0.267. The van der Waals surface area contributed by atoms with E-state index in [0.29, 0.717) is 33.0 Å². The Morgan fingerprint density at radius 1 is 0.636 bits per heavy atom. The molecule has 0 aromatic carbocycles. The summed E-state index contributed by atoms with van der Waals surface area (Å²) in [7, 11) is 1.64. The Labute approximate surface area is 205 Å². The van der Waals surface area contributed by atoms with E-state index in [1.807, 2.05) is 0 Å². The van der Waals surface area contributed by atoms with Crippen molar-refractivity contribution in [3.05, 3.63) is 0 Å². The highest BCUT2D eigenvalue weighted by Crippen LogP contribution is 2.32. The number of carbonyl (C=O) groups is 1. The van der Waals surface area contributed by atoms with Crippen molar-refractivity contribution < 1.29 is 23.7 Å². The maximum absolute atomic E-state index is 12.2. The van der Waals surface area contributed by atoms with Crippen LogP contribution in [0.25, 0.3) is 0 Å². The van der Waals surface area contributed by atoms with E-state index in [-0.39, 0.29) is 18.0 Å². The maximum atomic E-state index is 12.2. The Morgan fingerprint density at radius 3 is 1.61 bits per heavy atom. The number of esters is 1. The van der Waals surface area contributed by atoms with Crippen LogP contribution in [0.5, 0.6) is 0 Å². The molecule has 5 nitrogen and oxygen atoms in total. The number of unbranched alkanes of at least 4 members (excludes halogenated alkanes) is 12. The van der Waals surface area contributed by atoms with E-state index in [1.165, 1.54) is 89.9 Å². The van der Waals surface area contributed by atoms with Gasteiger partial charge >= 0.3 is 5.97 Å². The van der Waals surface area contributed by atoms with Gasteiger partial charge in [0.1, 0.15) is 6.61 Å². The van der Waals surface area contributed by atoms with E-state index in [9.17, 15) is 4.79 Å². The molecule has 0 aliphatic carbocycles. The van der Waals surface area contributed by atoms with E-state index in [4.69, 9.17) is 18.9 Å². The Bertz CT molecular complexity index is 415. The summed E-state index contributed by atoms with van der Waals surface area (Å²) in [6.07, 6.45) is 20.7. The molecular formula is C28H56O5. The molecule has 0 radical (unpaired) electrons. The van der Waals surface area contributed by atoms with Crippen LogP contribution in [0.15, 0.2) is 0 Å². The van der Waals surface area contributed by atoms with Gasteiger partial charge in [0.15, 0.2) is 0 Å². The van der Waals surface area contributed by atoms with E-state index < -0.39 is 0 Å². The minimum absolute atomic E-state index is 0.00149. The third kappa shape index (κ3) is 22.9. The van der Waals surface area contributed by atoms with E-state index in [0.717, 1.165) is 12.8 Å². The van der Waals surface area contributed by atoms with Crippen molar-refractivity contribution in [1.29, 1.82) is 0 Å². The molecule has 33 heavy (non-hydrogen) atoms. The predicted octanol–water partition coefficient (Wildman–Crippen LogP) is 7.50. The molecule has 0 aliphatic rings. The van der Waals surface area contributed by atoms with E-state index >= 15 is 0 Å². The Morgan fingerprint density at radius 2 is 1.09 bits per heavy atom. The van der Waals surface area contributed by atoms with Gasteiger partial charge in [0, 0.05) is 12.5 Å². The SMILES string of the molecule is CCCCCCCCCCC(C)(CCCCCCCC)COC(=O)COCCOCCOC. The minimum Gasteiger partial charge on any atom is -0.463 e. The van der Waals surface area contributed by atoms with Gasteiger partial charge in [-0.15, -0.1) is 0 Å². The van der Waals surface area contributed by atoms with Gasteiger partial charge in [-0.25, -0.2) is 4.79 Å². The van der Waals surface area contributed by atoms with Crippen LogP contribution in [-0.4, -0.2) is 52.7 Å². The quantitative estimate of drug-likeness (QED) is 0.0963. The lowest BCUT2D eigenvalue weighted by Gasteiger charge is -2.29. The molecule has 0 N–H and O–H groups in total. The zero-order chi connectivity index (χ0) is 24.5. The largest absolute Gasteiger partial charge is 0.463 e. The normalized spacial score (nSPS) is 13.2. The Balaban J connectivity index is 4.18. The van der Waals surface area contributed by atoms with E-state index in [1.54, 1.807) is 7.11 Å². The Hall–Kier alpha value is -0.650. The molecule has 1 unspecified atom stereocenters. The fourth-order valence-corrected chi connectivity index (χ4v) is 4.10. The lowest BCUT2D eigenvalue weighted by molar-refractivity contribution is -0.153. The average Bonchev–Trinajstić information content (AvgIpc) is 2.81. The lowest BCUT2D eigenvalue weighted by atomic mass is 9.80. The summed E-state index contributed by atoms with van der Waals surface area (Å²) in [6.45, 7) is 9.30. The molecule has 0 spiro atoms. The number of ether oxygens (including phenoxy) is 4. The standard InChI is InChI=1S/C28H56O5/c1-5-7-9-11-13-14-16-18-20-28(3,19-17-15-12-10-8-6-2)26-33-27(29)25-32-24-23-31-22-21-30-4/h5-26H2,1-4H3. The van der Waals surface area contributed by atoms with Gasteiger partial charge < -0.3 is 18.9 Å². The van der Waals surface area contributed by atoms with Crippen molar-refractivity contribution in [2.45, 2.75) is 124 Å². The van der Waals surface area contributed by atoms with Crippen molar-refractivity contribution in [2.75, 3.05) is 46.8 Å². The molecule has 0 rings (SSSR count). The molecule has 5 heteroatoms. The summed E-state index contributed by atoms with van der Waals surface area (Å²) in [4.78, 5) is 12.2. The molecule has 0 bridgehead atoms. The molecule has 0 saturated heterocycles. The van der Waals surface area contributed by atoms with Crippen LogP contribution < -0.4 is 0 Å². The summed E-state index contributed by atoms with van der Waals surface area (Å²) in [5.41, 5.74) is 0.0753.